The summed E-state index contributed by atoms with van der Waals surface area (Å²) in [6.07, 6.45) is 0. The van der Waals surface area contributed by atoms with Crippen LogP contribution >= 0.6 is 0 Å². The summed E-state index contributed by atoms with van der Waals surface area (Å²) in [7, 11) is 1.95. The van der Waals surface area contributed by atoms with Crippen molar-refractivity contribution in [3.05, 3.63) is 58.7 Å². The van der Waals surface area contributed by atoms with Crippen LogP contribution in [0.3, 0.4) is 0 Å². The molecular formula is C20H24FN3O2. The second-order valence-corrected chi connectivity index (χ2v) is 6.82. The fourth-order valence-corrected chi connectivity index (χ4v) is 3.34. The molecule has 138 valence electrons. The van der Waals surface area contributed by atoms with Gasteiger partial charge in [0.1, 0.15) is 5.82 Å². The van der Waals surface area contributed by atoms with Gasteiger partial charge in [0, 0.05) is 50.2 Å². The summed E-state index contributed by atoms with van der Waals surface area (Å²) in [6, 6.07) is 7.97. The number of rotatable bonds is 4. The topological polar surface area (TPSA) is 45.6 Å². The maximum atomic E-state index is 13.8. The van der Waals surface area contributed by atoms with Gasteiger partial charge in [-0.25, -0.2) is 4.39 Å². The molecule has 2 aromatic rings. The van der Waals surface area contributed by atoms with Gasteiger partial charge in [0.05, 0.1) is 12.1 Å². The monoisotopic (exact) mass is 357 g/mol. The number of piperazine rings is 1. The fraction of sp³-hybridized carbons (Fsp3) is 0.400. The Morgan fingerprint density at radius 2 is 1.69 bits per heavy atom. The van der Waals surface area contributed by atoms with E-state index in [-0.39, 0.29) is 17.3 Å². The summed E-state index contributed by atoms with van der Waals surface area (Å²) < 4.78 is 15.8. The molecule has 1 aromatic heterocycles. The van der Waals surface area contributed by atoms with Gasteiger partial charge in [-0.3, -0.25) is 14.5 Å². The molecule has 0 radical (unpaired) electrons. The molecule has 0 bridgehead atoms. The summed E-state index contributed by atoms with van der Waals surface area (Å²) in [6.45, 7) is 6.47. The standard InChI is InChI=1S/C20H24FN3O2/c1-14-12-17(15(2)22(14)3)19(25)13-23-8-10-24(11-9-23)20(26)16-6-4-5-7-18(16)21/h4-7,12H,8-11,13H2,1-3H3. The van der Waals surface area contributed by atoms with Gasteiger partial charge in [-0.05, 0) is 32.0 Å². The van der Waals surface area contributed by atoms with Crippen LogP contribution in [-0.4, -0.2) is 58.8 Å². The lowest BCUT2D eigenvalue weighted by atomic mass is 10.1. The van der Waals surface area contributed by atoms with Gasteiger partial charge in [-0.15, -0.1) is 0 Å². The number of carbonyl (C=O) groups is 2. The van der Waals surface area contributed by atoms with Crippen molar-refractivity contribution < 1.29 is 14.0 Å². The van der Waals surface area contributed by atoms with Crippen molar-refractivity contribution in [2.45, 2.75) is 13.8 Å². The lowest BCUT2D eigenvalue weighted by Crippen LogP contribution is -2.50. The largest absolute Gasteiger partial charge is 0.351 e. The molecule has 0 unspecified atom stereocenters. The summed E-state index contributed by atoms with van der Waals surface area (Å²) in [5, 5.41) is 0. The average molecular weight is 357 g/mol. The molecule has 0 spiro atoms. The van der Waals surface area contributed by atoms with Gasteiger partial charge in [-0.2, -0.15) is 0 Å². The molecule has 1 aliphatic heterocycles. The Hall–Kier alpha value is -2.47. The third kappa shape index (κ3) is 3.55. The number of benzene rings is 1. The predicted molar refractivity (Wildman–Crippen MR) is 98.0 cm³/mol. The van der Waals surface area contributed by atoms with Gasteiger partial charge in [0.2, 0.25) is 0 Å². The van der Waals surface area contributed by atoms with Crippen molar-refractivity contribution in [3.8, 4) is 0 Å². The number of ketones is 1. The number of hydrogen-bond acceptors (Lipinski definition) is 3. The zero-order valence-corrected chi connectivity index (χ0v) is 15.5. The van der Waals surface area contributed by atoms with Crippen LogP contribution in [0.4, 0.5) is 4.39 Å². The van der Waals surface area contributed by atoms with Crippen molar-refractivity contribution in [1.29, 1.82) is 0 Å². The molecule has 26 heavy (non-hydrogen) atoms. The van der Waals surface area contributed by atoms with Gasteiger partial charge in [0.25, 0.3) is 5.91 Å². The Bertz CT molecular complexity index is 836. The number of carbonyl (C=O) groups excluding carboxylic acids is 2. The lowest BCUT2D eigenvalue weighted by molar-refractivity contribution is 0.0620. The third-order valence-corrected chi connectivity index (χ3v) is 5.21. The molecule has 3 rings (SSSR count). The Kier molecular flexibility index (Phi) is 5.23. The van der Waals surface area contributed by atoms with E-state index < -0.39 is 5.82 Å². The minimum absolute atomic E-state index is 0.0973. The molecule has 0 atom stereocenters. The quantitative estimate of drug-likeness (QED) is 0.790. The Morgan fingerprint density at radius 3 is 2.27 bits per heavy atom. The Labute approximate surface area is 153 Å². The molecule has 0 saturated carbocycles. The van der Waals surface area contributed by atoms with Gasteiger partial charge in [0.15, 0.2) is 5.78 Å². The lowest BCUT2D eigenvalue weighted by Gasteiger charge is -2.34. The first kappa shape index (κ1) is 18.3. The molecule has 0 N–H and O–H groups in total. The van der Waals surface area contributed by atoms with Crippen molar-refractivity contribution in [2.75, 3.05) is 32.7 Å². The number of Topliss-reactive ketones (excluding diaryl/α,β-unsaturated/α-hetero) is 1. The minimum atomic E-state index is -0.495. The van der Waals surface area contributed by atoms with E-state index in [4.69, 9.17) is 0 Å². The molecule has 2 heterocycles. The molecule has 6 heteroatoms. The number of nitrogens with zero attached hydrogens (tertiary/aromatic N) is 3. The molecule has 0 aliphatic carbocycles. The van der Waals surface area contributed by atoms with E-state index in [0.29, 0.717) is 32.7 Å². The number of halogens is 1. The zero-order valence-electron chi connectivity index (χ0n) is 15.5. The van der Waals surface area contributed by atoms with Crippen molar-refractivity contribution in [3.63, 3.8) is 0 Å². The van der Waals surface area contributed by atoms with E-state index in [2.05, 4.69) is 4.90 Å². The fourth-order valence-electron chi connectivity index (χ4n) is 3.34. The molecule has 1 saturated heterocycles. The minimum Gasteiger partial charge on any atom is -0.351 e. The smallest absolute Gasteiger partial charge is 0.256 e. The van der Waals surface area contributed by atoms with E-state index in [1.54, 1.807) is 17.0 Å². The van der Waals surface area contributed by atoms with Crippen LogP contribution in [-0.2, 0) is 7.05 Å². The van der Waals surface area contributed by atoms with Crippen LogP contribution in [0.5, 0.6) is 0 Å². The SMILES string of the molecule is Cc1cc(C(=O)CN2CCN(C(=O)c3ccccc3F)CC2)c(C)n1C. The van der Waals surface area contributed by atoms with Crippen LogP contribution in [0.25, 0.3) is 0 Å². The molecule has 1 amide bonds. The maximum Gasteiger partial charge on any atom is 0.256 e. The summed E-state index contributed by atoms with van der Waals surface area (Å²) in [5.41, 5.74) is 2.90. The van der Waals surface area contributed by atoms with Crippen LogP contribution < -0.4 is 0 Å². The maximum absolute atomic E-state index is 13.8. The first-order valence-corrected chi connectivity index (χ1v) is 8.80. The van der Waals surface area contributed by atoms with Crippen molar-refractivity contribution in [2.24, 2.45) is 7.05 Å². The molecule has 5 nitrogen and oxygen atoms in total. The van der Waals surface area contributed by atoms with Gasteiger partial charge < -0.3 is 9.47 Å². The highest BCUT2D eigenvalue weighted by atomic mass is 19.1. The molecule has 1 aliphatic rings. The van der Waals surface area contributed by atoms with E-state index in [1.807, 2.05) is 31.5 Å². The number of aromatic nitrogens is 1. The van der Waals surface area contributed by atoms with Crippen molar-refractivity contribution in [1.82, 2.24) is 14.4 Å². The van der Waals surface area contributed by atoms with Crippen LogP contribution in [0, 0.1) is 19.7 Å². The molecule has 1 aromatic carbocycles. The number of aryl methyl sites for hydroxylation is 1. The predicted octanol–water partition coefficient (Wildman–Crippen LogP) is 2.42. The molecule has 1 fully saturated rings. The Morgan fingerprint density at radius 1 is 1.04 bits per heavy atom. The highest BCUT2D eigenvalue weighted by Crippen LogP contribution is 2.16. The normalized spacial score (nSPS) is 15.3. The number of amides is 1. The van der Waals surface area contributed by atoms with E-state index >= 15 is 0 Å². The summed E-state index contributed by atoms with van der Waals surface area (Å²) >= 11 is 0. The van der Waals surface area contributed by atoms with Crippen LogP contribution in [0.15, 0.2) is 30.3 Å². The molecular weight excluding hydrogens is 333 g/mol. The van der Waals surface area contributed by atoms with Gasteiger partial charge in [-0.1, -0.05) is 12.1 Å². The Balaban J connectivity index is 1.58. The van der Waals surface area contributed by atoms with Crippen LogP contribution in [0.1, 0.15) is 32.1 Å². The average Bonchev–Trinajstić information content (AvgIpc) is 2.90. The van der Waals surface area contributed by atoms with E-state index in [0.717, 1.165) is 17.0 Å². The first-order valence-electron chi connectivity index (χ1n) is 8.80. The summed E-state index contributed by atoms with van der Waals surface area (Å²) in [4.78, 5) is 28.8. The highest BCUT2D eigenvalue weighted by molar-refractivity contribution is 5.99. The second kappa shape index (κ2) is 7.41. The van der Waals surface area contributed by atoms with Crippen LogP contribution in [0.2, 0.25) is 0 Å². The summed E-state index contributed by atoms with van der Waals surface area (Å²) in [5.74, 6) is -0.686. The second-order valence-electron chi connectivity index (χ2n) is 6.82. The zero-order chi connectivity index (χ0) is 18.8. The third-order valence-electron chi connectivity index (χ3n) is 5.21. The highest BCUT2D eigenvalue weighted by Gasteiger charge is 2.25. The van der Waals surface area contributed by atoms with Crippen molar-refractivity contribution >= 4 is 11.7 Å². The first-order chi connectivity index (χ1) is 12.4. The van der Waals surface area contributed by atoms with E-state index in [1.165, 1.54) is 12.1 Å². The number of hydrogen-bond donors (Lipinski definition) is 0. The van der Waals surface area contributed by atoms with E-state index in [9.17, 15) is 14.0 Å². The van der Waals surface area contributed by atoms with Gasteiger partial charge >= 0.3 is 0 Å².